The molecule has 2 aliphatic rings. The molecule has 11 heteroatoms. The summed E-state index contributed by atoms with van der Waals surface area (Å²) >= 11 is 0. The Bertz CT molecular complexity index is 1310. The number of nitrogens with one attached hydrogen (secondary N) is 3. The molecule has 1 amide bonds. The third kappa shape index (κ3) is 5.96. The lowest BCUT2D eigenvalue weighted by Gasteiger charge is -2.32. The lowest BCUT2D eigenvalue weighted by molar-refractivity contribution is 0.0659. The third-order valence-electron chi connectivity index (χ3n) is 7.35. The van der Waals surface area contributed by atoms with E-state index in [2.05, 4.69) is 21.0 Å². The van der Waals surface area contributed by atoms with Gasteiger partial charge in [0.25, 0.3) is 12.3 Å². The van der Waals surface area contributed by atoms with Gasteiger partial charge in [-0.3, -0.25) is 4.79 Å². The number of aryl methyl sites for hydroxylation is 1. The fourth-order valence-corrected chi connectivity index (χ4v) is 5.30. The van der Waals surface area contributed by atoms with Gasteiger partial charge in [-0.25, -0.2) is 13.5 Å². The summed E-state index contributed by atoms with van der Waals surface area (Å²) in [5.41, 5.74) is 3.60. The number of alkyl halides is 2. The summed E-state index contributed by atoms with van der Waals surface area (Å²) in [6.45, 7) is 3.65. The van der Waals surface area contributed by atoms with E-state index in [1.165, 1.54) is 4.68 Å². The Labute approximate surface area is 232 Å². The second-order valence-electron chi connectivity index (χ2n) is 9.85. The molecule has 0 bridgehead atoms. The molecule has 3 atom stereocenters. The van der Waals surface area contributed by atoms with E-state index in [1.807, 2.05) is 31.2 Å². The van der Waals surface area contributed by atoms with E-state index >= 15 is 0 Å². The van der Waals surface area contributed by atoms with Crippen LogP contribution in [-0.2, 0) is 0 Å². The van der Waals surface area contributed by atoms with Crippen molar-refractivity contribution in [2.75, 3.05) is 32.6 Å². The molecule has 3 heterocycles. The van der Waals surface area contributed by atoms with Crippen molar-refractivity contribution in [3.05, 3.63) is 59.2 Å². The van der Waals surface area contributed by atoms with Crippen LogP contribution in [0.25, 0.3) is 11.3 Å². The van der Waals surface area contributed by atoms with Gasteiger partial charge in [0.1, 0.15) is 11.9 Å². The number of halogens is 3. The molecule has 1 fully saturated rings. The zero-order chi connectivity index (χ0) is 26.8. The van der Waals surface area contributed by atoms with Crippen LogP contribution in [0.15, 0.2) is 42.5 Å². The van der Waals surface area contributed by atoms with Crippen molar-refractivity contribution < 1.29 is 23.0 Å². The summed E-state index contributed by atoms with van der Waals surface area (Å²) in [5, 5.41) is 14.3. The first kappa shape index (κ1) is 28.6. The minimum absolute atomic E-state index is 0. The highest BCUT2D eigenvalue weighted by Crippen LogP contribution is 2.41. The number of hydrogen-bond donors (Lipinski definition) is 3. The van der Waals surface area contributed by atoms with Crippen molar-refractivity contribution in [2.45, 2.75) is 50.7 Å². The van der Waals surface area contributed by atoms with Crippen molar-refractivity contribution in [3.63, 3.8) is 0 Å². The Kier molecular flexibility index (Phi) is 8.97. The van der Waals surface area contributed by atoms with E-state index < -0.39 is 12.5 Å². The van der Waals surface area contributed by atoms with E-state index in [4.69, 9.17) is 9.47 Å². The molecule has 2 unspecified atom stereocenters. The molecule has 5 rings (SSSR count). The summed E-state index contributed by atoms with van der Waals surface area (Å²) in [6.07, 6.45) is -0.435. The maximum Gasteiger partial charge on any atom is 0.260 e. The van der Waals surface area contributed by atoms with E-state index in [-0.39, 0.29) is 36.8 Å². The summed E-state index contributed by atoms with van der Waals surface area (Å²) in [5.74, 6) is 1.52. The molecule has 210 valence electrons. The van der Waals surface area contributed by atoms with Crippen molar-refractivity contribution in [1.82, 2.24) is 20.4 Å². The third-order valence-corrected chi connectivity index (χ3v) is 7.35. The van der Waals surface area contributed by atoms with Crippen LogP contribution in [0, 0.1) is 6.92 Å². The summed E-state index contributed by atoms with van der Waals surface area (Å²) in [7, 11) is 3.10. The van der Waals surface area contributed by atoms with Crippen molar-refractivity contribution >= 4 is 24.1 Å². The standard InChI is InChI=1S/C28H33F2N5O3.ClH/c1-16-11-18(28(36)32-19-5-4-10-31-15-19)6-8-20(16)22-14-26-33-21(13-23(27(29)30)35(26)34-22)17-7-9-24(37-2)25(12-17)38-3;/h6-9,11-12,14,19,21,23,27,31,33H,4-5,10,13,15H2,1-3H3,(H,32,36);1H/t19-,21?,23?;/m0./s1. The number of fused-ring (bicyclic) bond motifs is 1. The topological polar surface area (TPSA) is 89.4 Å². The van der Waals surface area contributed by atoms with Crippen molar-refractivity contribution in [2.24, 2.45) is 0 Å². The average molecular weight is 562 g/mol. The number of anilines is 1. The van der Waals surface area contributed by atoms with Crippen molar-refractivity contribution in [1.29, 1.82) is 0 Å². The molecule has 0 aliphatic carbocycles. The van der Waals surface area contributed by atoms with Crippen molar-refractivity contribution in [3.8, 4) is 22.8 Å². The fourth-order valence-electron chi connectivity index (χ4n) is 5.30. The number of hydrogen-bond acceptors (Lipinski definition) is 6. The summed E-state index contributed by atoms with van der Waals surface area (Å²) in [6, 6.07) is 11.3. The number of methoxy groups -OCH3 is 2. The summed E-state index contributed by atoms with van der Waals surface area (Å²) < 4.78 is 40.5. The number of aromatic nitrogens is 2. The normalized spacial score (nSPS) is 20.4. The molecular weight excluding hydrogens is 528 g/mol. The van der Waals surface area contributed by atoms with Gasteiger partial charge in [0, 0.05) is 29.8 Å². The van der Waals surface area contributed by atoms with Gasteiger partial charge in [-0.1, -0.05) is 12.1 Å². The van der Waals surface area contributed by atoms with Gasteiger partial charge in [-0.05, 0) is 68.1 Å². The zero-order valence-electron chi connectivity index (χ0n) is 22.2. The van der Waals surface area contributed by atoms with Gasteiger partial charge in [0.2, 0.25) is 0 Å². The molecule has 1 aromatic heterocycles. The molecule has 39 heavy (non-hydrogen) atoms. The highest BCUT2D eigenvalue weighted by molar-refractivity contribution is 5.95. The number of benzene rings is 2. The largest absolute Gasteiger partial charge is 0.493 e. The number of rotatable bonds is 7. The van der Waals surface area contributed by atoms with Gasteiger partial charge < -0.3 is 25.4 Å². The maximum absolute atomic E-state index is 14.2. The number of carbonyl (C=O) groups excluding carboxylic acids is 1. The van der Waals surface area contributed by atoms with E-state index in [9.17, 15) is 13.6 Å². The minimum Gasteiger partial charge on any atom is -0.493 e. The predicted octanol–water partition coefficient (Wildman–Crippen LogP) is 5.14. The van der Waals surface area contributed by atoms with Gasteiger partial charge >= 0.3 is 0 Å². The molecule has 8 nitrogen and oxygen atoms in total. The van der Waals surface area contributed by atoms with Crippen LogP contribution in [0.2, 0.25) is 0 Å². The Hall–Kier alpha value is -3.37. The predicted molar refractivity (Wildman–Crippen MR) is 149 cm³/mol. The van der Waals surface area contributed by atoms with Gasteiger partial charge in [-0.15, -0.1) is 12.4 Å². The maximum atomic E-state index is 14.2. The highest BCUT2D eigenvalue weighted by Gasteiger charge is 2.35. The van der Waals surface area contributed by atoms with Gasteiger partial charge in [0.15, 0.2) is 11.5 Å². The molecule has 0 radical (unpaired) electrons. The molecule has 3 N–H and O–H groups in total. The first-order valence-corrected chi connectivity index (χ1v) is 12.9. The monoisotopic (exact) mass is 561 g/mol. The quantitative estimate of drug-likeness (QED) is 0.370. The number of piperidine rings is 1. The fraction of sp³-hybridized carbons (Fsp3) is 0.429. The van der Waals surface area contributed by atoms with E-state index in [0.29, 0.717) is 28.6 Å². The number of nitrogens with zero attached hydrogens (tertiary/aromatic N) is 2. The molecule has 0 spiro atoms. The minimum atomic E-state index is -2.59. The van der Waals surface area contributed by atoms with Gasteiger partial charge in [0.05, 0.1) is 26.0 Å². The molecule has 2 aromatic carbocycles. The van der Waals surface area contributed by atoms with Crippen LogP contribution >= 0.6 is 12.4 Å². The number of ether oxygens (including phenoxy) is 2. The van der Waals surface area contributed by atoms with E-state index in [0.717, 1.165) is 42.6 Å². The Morgan fingerprint density at radius 3 is 2.59 bits per heavy atom. The molecule has 2 aliphatic heterocycles. The Morgan fingerprint density at radius 2 is 1.92 bits per heavy atom. The van der Waals surface area contributed by atoms with Gasteiger partial charge in [-0.2, -0.15) is 5.10 Å². The molecule has 0 saturated carbocycles. The van der Waals surface area contributed by atoms with Crippen LogP contribution in [0.4, 0.5) is 14.6 Å². The van der Waals surface area contributed by atoms with Crippen LogP contribution in [0.5, 0.6) is 11.5 Å². The molecule has 3 aromatic rings. The van der Waals surface area contributed by atoms with Crippen LogP contribution < -0.4 is 25.4 Å². The first-order chi connectivity index (χ1) is 18.4. The lowest BCUT2D eigenvalue weighted by atomic mass is 9.97. The lowest BCUT2D eigenvalue weighted by Crippen LogP contribution is -2.45. The van der Waals surface area contributed by atoms with E-state index in [1.54, 1.807) is 32.4 Å². The number of amides is 1. The van der Waals surface area contributed by atoms with Crippen LogP contribution in [-0.4, -0.2) is 55.5 Å². The summed E-state index contributed by atoms with van der Waals surface area (Å²) in [4.78, 5) is 12.8. The Balaban J connectivity index is 0.00000353. The second kappa shape index (κ2) is 12.2. The smallest absolute Gasteiger partial charge is 0.260 e. The average Bonchev–Trinajstić information content (AvgIpc) is 3.36. The highest BCUT2D eigenvalue weighted by atomic mass is 35.5. The Morgan fingerprint density at radius 1 is 1.13 bits per heavy atom. The molecule has 1 saturated heterocycles. The van der Waals surface area contributed by atoms with Crippen LogP contribution in [0.3, 0.4) is 0 Å². The SMILES string of the molecule is COc1ccc(C2CC(C(F)F)n3nc(-c4ccc(C(=O)N[C@H]5CCCNC5)cc4C)cc3N2)cc1OC.Cl. The number of carbonyl (C=O) groups is 1. The molecular formula is C28H34ClF2N5O3. The second-order valence-corrected chi connectivity index (χ2v) is 9.85. The van der Waals surface area contributed by atoms with Crippen LogP contribution in [0.1, 0.15) is 52.8 Å². The first-order valence-electron chi connectivity index (χ1n) is 12.9. The zero-order valence-corrected chi connectivity index (χ0v) is 23.0.